The van der Waals surface area contributed by atoms with Gasteiger partial charge >= 0.3 is 6.01 Å². The summed E-state index contributed by atoms with van der Waals surface area (Å²) in [6, 6.07) is 10.7. The summed E-state index contributed by atoms with van der Waals surface area (Å²) < 4.78 is 35.4. The first-order valence-corrected chi connectivity index (χ1v) is 11.2. The summed E-state index contributed by atoms with van der Waals surface area (Å²) in [4.78, 5) is 7.04. The second-order valence-corrected chi connectivity index (χ2v) is 8.62. The molecule has 156 valence electrons. The number of aromatic nitrogens is 5. The molecule has 1 atom stereocenters. The van der Waals surface area contributed by atoms with Crippen LogP contribution in [0.25, 0.3) is 10.9 Å². The summed E-state index contributed by atoms with van der Waals surface area (Å²) in [5, 5.41) is 9.37. The molecule has 9 nitrogen and oxygen atoms in total. The van der Waals surface area contributed by atoms with Gasteiger partial charge < -0.3 is 9.72 Å². The third-order valence-electron chi connectivity index (χ3n) is 4.65. The van der Waals surface area contributed by atoms with Gasteiger partial charge in [-0.05, 0) is 55.1 Å². The van der Waals surface area contributed by atoms with E-state index in [1.165, 1.54) is 0 Å². The lowest BCUT2D eigenvalue weighted by Gasteiger charge is -2.15. The van der Waals surface area contributed by atoms with Crippen molar-refractivity contribution in [3.05, 3.63) is 66.4 Å². The minimum absolute atomic E-state index is 0.139. The van der Waals surface area contributed by atoms with E-state index in [-0.39, 0.29) is 5.75 Å². The van der Waals surface area contributed by atoms with E-state index < -0.39 is 16.1 Å². The number of hydrogen-bond donors (Lipinski definition) is 2. The molecule has 30 heavy (non-hydrogen) atoms. The average Bonchev–Trinajstić information content (AvgIpc) is 3.34. The second kappa shape index (κ2) is 8.25. The van der Waals surface area contributed by atoms with Crippen molar-refractivity contribution in [2.75, 3.05) is 0 Å². The number of nitrogens with zero attached hydrogens (tertiary/aromatic N) is 4. The highest BCUT2D eigenvalue weighted by atomic mass is 32.2. The Bertz CT molecular complexity index is 1250. The van der Waals surface area contributed by atoms with Crippen molar-refractivity contribution in [2.45, 2.75) is 32.2 Å². The number of sulfonamides is 1. The zero-order valence-electron chi connectivity index (χ0n) is 16.6. The minimum Gasteiger partial charge on any atom is -0.424 e. The Morgan fingerprint density at radius 1 is 1.17 bits per heavy atom. The number of aromatic amines is 1. The molecule has 2 N–H and O–H groups in total. The first kappa shape index (κ1) is 20.0. The molecule has 0 fully saturated rings. The maximum Gasteiger partial charge on any atom is 0.322 e. The number of pyridine rings is 1. The van der Waals surface area contributed by atoms with Crippen molar-refractivity contribution < 1.29 is 13.2 Å². The molecule has 4 aromatic rings. The molecular formula is C20H22N6O3S. The highest BCUT2D eigenvalue weighted by Crippen LogP contribution is 2.26. The molecule has 0 saturated carbocycles. The van der Waals surface area contributed by atoms with Crippen molar-refractivity contribution in [3.8, 4) is 11.8 Å². The zero-order chi connectivity index (χ0) is 21.1. The quantitative estimate of drug-likeness (QED) is 0.447. The molecule has 0 bridgehead atoms. The largest absolute Gasteiger partial charge is 0.424 e. The zero-order valence-corrected chi connectivity index (χ0v) is 17.4. The fourth-order valence-electron chi connectivity index (χ4n) is 3.25. The Morgan fingerprint density at radius 3 is 2.73 bits per heavy atom. The molecule has 0 aliphatic heterocycles. The van der Waals surface area contributed by atoms with E-state index in [0.29, 0.717) is 29.7 Å². The van der Waals surface area contributed by atoms with E-state index in [1.54, 1.807) is 36.0 Å². The fourth-order valence-corrected chi connectivity index (χ4v) is 4.61. The molecular weight excluding hydrogens is 404 g/mol. The van der Waals surface area contributed by atoms with Gasteiger partial charge in [-0.2, -0.15) is 0 Å². The molecule has 3 aromatic heterocycles. The number of fused-ring (bicyclic) bond motifs is 1. The van der Waals surface area contributed by atoms with Crippen LogP contribution in [0.3, 0.4) is 0 Å². The van der Waals surface area contributed by atoms with Crippen LogP contribution in [0.1, 0.15) is 31.3 Å². The van der Waals surface area contributed by atoms with Gasteiger partial charge in [-0.15, -0.1) is 5.10 Å². The molecule has 0 amide bonds. The topological polar surface area (TPSA) is 115 Å². The van der Waals surface area contributed by atoms with Crippen molar-refractivity contribution >= 4 is 20.9 Å². The summed E-state index contributed by atoms with van der Waals surface area (Å²) in [7, 11) is -3.58. The summed E-state index contributed by atoms with van der Waals surface area (Å²) in [5.41, 5.74) is 1.61. The summed E-state index contributed by atoms with van der Waals surface area (Å²) in [6.45, 7) is 4.18. The van der Waals surface area contributed by atoms with Gasteiger partial charge in [0.1, 0.15) is 5.75 Å². The van der Waals surface area contributed by atoms with E-state index in [4.69, 9.17) is 4.74 Å². The van der Waals surface area contributed by atoms with Crippen LogP contribution in [-0.2, 0) is 22.3 Å². The molecule has 4 rings (SSSR count). The Kier molecular flexibility index (Phi) is 5.51. The maximum atomic E-state index is 12.6. The number of H-pyrrole nitrogens is 1. The minimum atomic E-state index is -3.58. The first-order chi connectivity index (χ1) is 14.4. The Hall–Kier alpha value is -3.24. The molecule has 0 unspecified atom stereocenters. The predicted octanol–water partition coefficient (Wildman–Crippen LogP) is 3.15. The number of ether oxygens (including phenoxy) is 1. The first-order valence-electron chi connectivity index (χ1n) is 9.52. The van der Waals surface area contributed by atoms with Gasteiger partial charge in [-0.25, -0.2) is 13.1 Å². The van der Waals surface area contributed by atoms with Gasteiger partial charge in [-0.1, -0.05) is 5.10 Å². The Labute approximate surface area is 174 Å². The Morgan fingerprint density at radius 2 is 1.97 bits per heavy atom. The van der Waals surface area contributed by atoms with Crippen molar-refractivity contribution in [1.82, 2.24) is 29.5 Å². The summed E-state index contributed by atoms with van der Waals surface area (Å²) in [6.07, 6.45) is 4.99. The van der Waals surface area contributed by atoms with Crippen LogP contribution in [0.5, 0.6) is 11.8 Å². The van der Waals surface area contributed by atoms with E-state index >= 15 is 0 Å². The SMILES string of the molecule is CCn1c(Oc2ccc3cc[nH]c3c2)nnc1[C@@H](C)NS(=O)(=O)Cc1ccncc1. The van der Waals surface area contributed by atoms with Crippen LogP contribution in [0.15, 0.2) is 55.0 Å². The smallest absolute Gasteiger partial charge is 0.322 e. The molecule has 0 aliphatic carbocycles. The van der Waals surface area contributed by atoms with E-state index in [2.05, 4.69) is 24.9 Å². The van der Waals surface area contributed by atoms with E-state index in [1.807, 2.05) is 37.4 Å². The molecule has 0 spiro atoms. The third kappa shape index (κ3) is 4.34. The number of nitrogens with one attached hydrogen (secondary N) is 2. The molecule has 0 saturated heterocycles. The van der Waals surface area contributed by atoms with Crippen LogP contribution in [0, 0.1) is 0 Å². The van der Waals surface area contributed by atoms with Crippen LogP contribution < -0.4 is 9.46 Å². The number of hydrogen-bond acceptors (Lipinski definition) is 6. The van der Waals surface area contributed by atoms with Crippen molar-refractivity contribution in [1.29, 1.82) is 0 Å². The average molecular weight is 427 g/mol. The molecule has 1 aromatic carbocycles. The predicted molar refractivity (Wildman–Crippen MR) is 112 cm³/mol. The van der Waals surface area contributed by atoms with Crippen LogP contribution in [0.4, 0.5) is 0 Å². The lowest BCUT2D eigenvalue weighted by atomic mass is 10.2. The highest BCUT2D eigenvalue weighted by molar-refractivity contribution is 7.88. The van der Waals surface area contributed by atoms with Gasteiger partial charge in [0.2, 0.25) is 10.0 Å². The standard InChI is InChI=1S/C20H22N6O3S/c1-3-26-19(14(2)25-30(27,28)13-15-6-9-21-10-7-15)23-24-20(26)29-17-5-4-16-8-11-22-18(16)12-17/h4-12,14,22,25H,3,13H2,1-2H3/t14-/m1/s1. The van der Waals surface area contributed by atoms with Crippen molar-refractivity contribution in [2.24, 2.45) is 0 Å². The number of rotatable bonds is 8. The molecule has 0 radical (unpaired) electrons. The van der Waals surface area contributed by atoms with Gasteiger partial charge in [0.15, 0.2) is 5.82 Å². The van der Waals surface area contributed by atoms with Crippen LogP contribution in [0.2, 0.25) is 0 Å². The van der Waals surface area contributed by atoms with Gasteiger partial charge in [0, 0.05) is 36.7 Å². The van der Waals surface area contributed by atoms with Crippen molar-refractivity contribution in [3.63, 3.8) is 0 Å². The second-order valence-electron chi connectivity index (χ2n) is 6.87. The lowest BCUT2D eigenvalue weighted by Crippen LogP contribution is -2.30. The molecule has 10 heteroatoms. The van der Waals surface area contributed by atoms with Crippen LogP contribution >= 0.6 is 0 Å². The molecule has 3 heterocycles. The highest BCUT2D eigenvalue weighted by Gasteiger charge is 2.23. The van der Waals surface area contributed by atoms with Gasteiger partial charge in [0.05, 0.1) is 11.8 Å². The normalized spacial score (nSPS) is 12.9. The maximum absolute atomic E-state index is 12.6. The summed E-state index contributed by atoms with van der Waals surface area (Å²) >= 11 is 0. The lowest BCUT2D eigenvalue weighted by molar-refractivity contribution is 0.408. The van der Waals surface area contributed by atoms with E-state index in [9.17, 15) is 8.42 Å². The number of benzene rings is 1. The van der Waals surface area contributed by atoms with Gasteiger partial charge in [-0.3, -0.25) is 9.55 Å². The third-order valence-corrected chi connectivity index (χ3v) is 6.07. The fraction of sp³-hybridized carbons (Fsp3) is 0.250. The monoisotopic (exact) mass is 426 g/mol. The van der Waals surface area contributed by atoms with Crippen LogP contribution in [-0.4, -0.2) is 33.2 Å². The van der Waals surface area contributed by atoms with Gasteiger partial charge in [0.25, 0.3) is 0 Å². The van der Waals surface area contributed by atoms with E-state index in [0.717, 1.165) is 10.9 Å². The molecule has 0 aliphatic rings. The Balaban J connectivity index is 1.52. The summed E-state index contributed by atoms with van der Waals surface area (Å²) in [5.74, 6) is 0.955.